The molecule has 4 nitrogen and oxygen atoms in total. The van der Waals surface area contributed by atoms with Crippen molar-refractivity contribution < 1.29 is 14.3 Å². The molecule has 0 saturated heterocycles. The molecule has 2 N–H and O–H groups in total. The molecule has 1 rings (SSSR count). The molecule has 0 aliphatic rings. The number of carbonyl (C=O) groups excluding carboxylic acids is 1. The Morgan fingerprint density at radius 1 is 1.28 bits per heavy atom. The zero-order chi connectivity index (χ0) is 14.1. The lowest BCUT2D eigenvalue weighted by Gasteiger charge is -2.14. The van der Waals surface area contributed by atoms with E-state index in [9.17, 15) is 4.79 Å². The lowest BCUT2D eigenvalue weighted by molar-refractivity contribution is -0.113. The summed E-state index contributed by atoms with van der Waals surface area (Å²) in [5, 5.41) is 0. The lowest BCUT2D eigenvalue weighted by Crippen LogP contribution is -2.04. The van der Waals surface area contributed by atoms with Crippen LogP contribution in [0.25, 0.3) is 0 Å². The molecular weight excluding hydrogens is 460 g/mol. The van der Waals surface area contributed by atoms with Crippen molar-refractivity contribution in [1.82, 2.24) is 0 Å². The van der Waals surface area contributed by atoms with Crippen LogP contribution in [-0.4, -0.2) is 20.1 Å². The minimum atomic E-state index is -0.481. The van der Waals surface area contributed by atoms with E-state index in [0.29, 0.717) is 0 Å². The Kier molecular flexibility index (Phi) is 9.60. The summed E-state index contributed by atoms with van der Waals surface area (Å²) in [6.07, 6.45) is 0.795. The van der Waals surface area contributed by atoms with Gasteiger partial charge in [0.05, 0.1) is 0 Å². The summed E-state index contributed by atoms with van der Waals surface area (Å²) in [7, 11) is 3.28. The summed E-state index contributed by atoms with van der Waals surface area (Å²) >= 11 is 4.56. The van der Waals surface area contributed by atoms with Crippen LogP contribution in [0.2, 0.25) is 0 Å². The Balaban J connectivity index is 0.000000494. The number of amides is 1. The smallest absolute Gasteiger partial charge is 0.240 e. The zero-order valence-electron chi connectivity index (χ0n) is 10.2. The van der Waals surface area contributed by atoms with Crippen molar-refractivity contribution in [1.29, 1.82) is 0 Å². The number of halogens is 2. The van der Waals surface area contributed by atoms with E-state index in [-0.39, 0.29) is 6.29 Å². The third kappa shape index (κ3) is 7.29. The van der Waals surface area contributed by atoms with Gasteiger partial charge >= 0.3 is 0 Å². The van der Waals surface area contributed by atoms with Crippen LogP contribution < -0.4 is 5.73 Å². The van der Waals surface area contributed by atoms with Gasteiger partial charge in [-0.25, -0.2) is 0 Å². The maximum Gasteiger partial charge on any atom is 0.240 e. The van der Waals surface area contributed by atoms with E-state index >= 15 is 0 Å². The van der Waals surface area contributed by atoms with Gasteiger partial charge in [0.15, 0.2) is 6.29 Å². The SMILES string of the molecule is C=CC(N)=O.COC(OC)c1cc(I)cc(I)c1. The fourth-order valence-corrected chi connectivity index (χ4v) is 3.07. The summed E-state index contributed by atoms with van der Waals surface area (Å²) < 4.78 is 12.7. The first kappa shape index (κ1) is 17.8. The summed E-state index contributed by atoms with van der Waals surface area (Å²) in [5.41, 5.74) is 5.59. The highest BCUT2D eigenvalue weighted by Gasteiger charge is 2.09. The number of carbonyl (C=O) groups is 1. The first-order chi connectivity index (χ1) is 8.44. The number of benzene rings is 1. The fraction of sp³-hybridized carbons (Fsp3) is 0.250. The molecule has 0 heterocycles. The van der Waals surface area contributed by atoms with Crippen LogP contribution in [0.3, 0.4) is 0 Å². The molecule has 6 heteroatoms. The average molecular weight is 475 g/mol. The predicted molar refractivity (Wildman–Crippen MR) is 88.0 cm³/mol. The normalized spacial score (nSPS) is 9.61. The number of ether oxygens (including phenoxy) is 2. The van der Waals surface area contributed by atoms with Crippen LogP contribution >= 0.6 is 45.2 Å². The Morgan fingerprint density at radius 2 is 1.67 bits per heavy atom. The monoisotopic (exact) mass is 475 g/mol. The van der Waals surface area contributed by atoms with Gasteiger partial charge in [-0.05, 0) is 69.5 Å². The largest absolute Gasteiger partial charge is 0.366 e. The molecular formula is C12H15I2NO3. The molecule has 0 saturated carbocycles. The maximum absolute atomic E-state index is 9.47. The van der Waals surface area contributed by atoms with E-state index < -0.39 is 5.91 Å². The Bertz CT molecular complexity index is 386. The molecule has 0 aliphatic carbocycles. The van der Waals surface area contributed by atoms with Gasteiger partial charge < -0.3 is 15.2 Å². The van der Waals surface area contributed by atoms with E-state index in [1.165, 1.54) is 7.14 Å². The van der Waals surface area contributed by atoms with Crippen LogP contribution in [0.1, 0.15) is 11.9 Å². The van der Waals surface area contributed by atoms with Gasteiger partial charge in [0.1, 0.15) is 0 Å². The first-order valence-corrected chi connectivity index (χ1v) is 7.03. The highest BCUT2D eigenvalue weighted by atomic mass is 127. The molecule has 100 valence electrons. The van der Waals surface area contributed by atoms with Crippen molar-refractivity contribution in [2.45, 2.75) is 6.29 Å². The quantitative estimate of drug-likeness (QED) is 0.414. The zero-order valence-corrected chi connectivity index (χ0v) is 14.5. The molecule has 18 heavy (non-hydrogen) atoms. The van der Waals surface area contributed by atoms with Crippen LogP contribution in [-0.2, 0) is 14.3 Å². The molecule has 0 fully saturated rings. The third-order valence-electron chi connectivity index (χ3n) is 1.79. The highest BCUT2D eigenvalue weighted by molar-refractivity contribution is 14.1. The second kappa shape index (κ2) is 9.70. The minimum absolute atomic E-state index is 0.261. The van der Waals surface area contributed by atoms with E-state index in [1.807, 2.05) is 0 Å². The molecule has 0 aliphatic heterocycles. The van der Waals surface area contributed by atoms with Crippen molar-refractivity contribution >= 4 is 51.1 Å². The summed E-state index contributed by atoms with van der Waals surface area (Å²) in [6.45, 7) is 3.09. The number of methoxy groups -OCH3 is 2. The standard InChI is InChI=1S/C9H10I2O2.C3H5NO/c1-12-9(13-2)6-3-7(10)5-8(11)4-6;1-2-3(4)5/h3-5,9H,1-2H3;2H,1H2,(H2,4,5). The van der Waals surface area contributed by atoms with Gasteiger partial charge in [-0.1, -0.05) is 6.58 Å². The Labute approximate surface area is 134 Å². The molecule has 1 aromatic carbocycles. The first-order valence-electron chi connectivity index (χ1n) is 4.88. The Hall–Kier alpha value is -0.190. The van der Waals surface area contributed by atoms with E-state index in [4.69, 9.17) is 9.47 Å². The van der Waals surface area contributed by atoms with Gasteiger partial charge in [0.2, 0.25) is 5.91 Å². The Morgan fingerprint density at radius 3 is 1.94 bits per heavy atom. The van der Waals surface area contributed by atoms with Crippen molar-refractivity contribution in [3.8, 4) is 0 Å². The number of hydrogen-bond acceptors (Lipinski definition) is 3. The number of nitrogens with two attached hydrogens (primary N) is 1. The van der Waals surface area contributed by atoms with E-state index in [2.05, 4.69) is 75.7 Å². The van der Waals surface area contributed by atoms with Crippen molar-refractivity contribution in [2.24, 2.45) is 5.73 Å². The molecule has 0 aromatic heterocycles. The van der Waals surface area contributed by atoms with Gasteiger partial charge in [-0.3, -0.25) is 4.79 Å². The average Bonchev–Trinajstić information content (AvgIpc) is 2.30. The van der Waals surface area contributed by atoms with Gasteiger partial charge in [-0.15, -0.1) is 0 Å². The van der Waals surface area contributed by atoms with Crippen LogP contribution in [0.15, 0.2) is 30.9 Å². The van der Waals surface area contributed by atoms with Crippen LogP contribution in [0.5, 0.6) is 0 Å². The number of rotatable bonds is 4. The summed E-state index contributed by atoms with van der Waals surface area (Å²) in [5.74, 6) is -0.481. The van der Waals surface area contributed by atoms with E-state index in [1.54, 1.807) is 14.2 Å². The predicted octanol–water partition coefficient (Wildman–Crippen LogP) is 2.84. The second-order valence-corrected chi connectivity index (χ2v) is 5.60. The number of primary amides is 1. The minimum Gasteiger partial charge on any atom is -0.366 e. The molecule has 0 unspecified atom stereocenters. The molecule has 0 spiro atoms. The van der Waals surface area contributed by atoms with Crippen molar-refractivity contribution in [3.63, 3.8) is 0 Å². The van der Waals surface area contributed by atoms with Gasteiger partial charge in [0, 0.05) is 26.9 Å². The van der Waals surface area contributed by atoms with Gasteiger partial charge in [0.25, 0.3) is 0 Å². The van der Waals surface area contributed by atoms with Crippen molar-refractivity contribution in [3.05, 3.63) is 43.6 Å². The molecule has 1 amide bonds. The maximum atomic E-state index is 9.47. The number of hydrogen-bond donors (Lipinski definition) is 1. The summed E-state index contributed by atoms with van der Waals surface area (Å²) in [6, 6.07) is 6.22. The second-order valence-electron chi connectivity index (χ2n) is 3.11. The molecule has 0 atom stereocenters. The highest BCUT2D eigenvalue weighted by Crippen LogP contribution is 2.22. The van der Waals surface area contributed by atoms with Crippen LogP contribution in [0, 0.1) is 7.14 Å². The van der Waals surface area contributed by atoms with E-state index in [0.717, 1.165) is 11.6 Å². The fourth-order valence-electron chi connectivity index (χ4n) is 1.08. The molecule has 1 aromatic rings. The lowest BCUT2D eigenvalue weighted by atomic mass is 10.2. The third-order valence-corrected chi connectivity index (χ3v) is 3.03. The van der Waals surface area contributed by atoms with Crippen LogP contribution in [0.4, 0.5) is 0 Å². The molecule has 0 radical (unpaired) electrons. The van der Waals surface area contributed by atoms with Crippen molar-refractivity contribution in [2.75, 3.05) is 14.2 Å². The topological polar surface area (TPSA) is 61.6 Å². The summed E-state index contributed by atoms with van der Waals surface area (Å²) in [4.78, 5) is 9.47. The molecule has 0 bridgehead atoms. The van der Waals surface area contributed by atoms with Gasteiger partial charge in [-0.2, -0.15) is 0 Å².